The molecule has 0 bridgehead atoms. The molecule has 0 saturated carbocycles. The van der Waals surface area contributed by atoms with Gasteiger partial charge in [0.1, 0.15) is 0 Å². The average molecular weight is 377 g/mol. The van der Waals surface area contributed by atoms with Crippen LogP contribution in [0, 0.1) is 13.8 Å². The molecule has 3 rings (SSSR count). The number of benzene rings is 2. The number of carbonyl (C=O) groups excluding carboxylic acids is 1. The van der Waals surface area contributed by atoms with Crippen LogP contribution in [0.1, 0.15) is 53.4 Å². The molecule has 0 saturated heterocycles. The van der Waals surface area contributed by atoms with Crippen LogP contribution in [0.5, 0.6) is 0 Å². The van der Waals surface area contributed by atoms with Gasteiger partial charge in [-0.15, -0.1) is 0 Å². The Bertz CT molecular complexity index is 1070. The van der Waals surface area contributed by atoms with Crippen molar-refractivity contribution in [1.29, 1.82) is 0 Å². The van der Waals surface area contributed by atoms with E-state index in [1.165, 1.54) is 5.56 Å². The van der Waals surface area contributed by atoms with Gasteiger partial charge in [0.2, 0.25) is 0 Å². The van der Waals surface area contributed by atoms with E-state index in [-0.39, 0.29) is 16.9 Å². The van der Waals surface area contributed by atoms with E-state index in [4.69, 9.17) is 0 Å². The molecule has 0 radical (unpaired) electrons. The molecule has 3 aromatic rings. The topological polar surface area (TPSA) is 62.0 Å². The second-order valence-corrected chi connectivity index (χ2v) is 8.43. The number of fused-ring (bicyclic) bond motifs is 1. The zero-order chi connectivity index (χ0) is 20.5. The van der Waals surface area contributed by atoms with Gasteiger partial charge in [-0.2, -0.15) is 0 Å². The van der Waals surface area contributed by atoms with E-state index < -0.39 is 0 Å². The SMILES string of the molecule is Cc1ccc2cc(CCNC(=O)c3ccc(C(C)(C)C)cc3)c(=O)[nH]c2c1C. The maximum Gasteiger partial charge on any atom is 0.251 e. The van der Waals surface area contributed by atoms with Gasteiger partial charge in [0.15, 0.2) is 0 Å². The highest BCUT2D eigenvalue weighted by molar-refractivity contribution is 5.94. The van der Waals surface area contributed by atoms with Crippen molar-refractivity contribution in [1.82, 2.24) is 10.3 Å². The minimum atomic E-state index is -0.121. The number of aromatic amines is 1. The number of aryl methyl sites for hydroxylation is 2. The zero-order valence-electron chi connectivity index (χ0n) is 17.3. The van der Waals surface area contributed by atoms with Crippen molar-refractivity contribution >= 4 is 16.8 Å². The Labute approximate surface area is 166 Å². The quantitative estimate of drug-likeness (QED) is 0.708. The van der Waals surface area contributed by atoms with Gasteiger partial charge >= 0.3 is 0 Å². The molecule has 1 aromatic heterocycles. The first kappa shape index (κ1) is 19.9. The third-order valence-corrected chi connectivity index (χ3v) is 5.32. The highest BCUT2D eigenvalue weighted by atomic mass is 16.1. The van der Waals surface area contributed by atoms with Gasteiger partial charge in [0.05, 0.1) is 5.52 Å². The third kappa shape index (κ3) is 4.16. The van der Waals surface area contributed by atoms with Gasteiger partial charge in [0, 0.05) is 17.7 Å². The van der Waals surface area contributed by atoms with Crippen LogP contribution in [0.2, 0.25) is 0 Å². The fraction of sp³-hybridized carbons (Fsp3) is 0.333. The van der Waals surface area contributed by atoms with Crippen LogP contribution in [0.3, 0.4) is 0 Å². The van der Waals surface area contributed by atoms with E-state index >= 15 is 0 Å². The van der Waals surface area contributed by atoms with Gasteiger partial charge in [-0.1, -0.05) is 45.0 Å². The summed E-state index contributed by atoms with van der Waals surface area (Å²) in [7, 11) is 0. The summed E-state index contributed by atoms with van der Waals surface area (Å²) in [6.45, 7) is 10.9. The number of hydrogen-bond donors (Lipinski definition) is 2. The van der Waals surface area contributed by atoms with Crippen LogP contribution >= 0.6 is 0 Å². The molecule has 0 aliphatic carbocycles. The Kier molecular flexibility index (Phi) is 5.41. The monoisotopic (exact) mass is 376 g/mol. The lowest BCUT2D eigenvalue weighted by molar-refractivity contribution is 0.0954. The van der Waals surface area contributed by atoms with Gasteiger partial charge in [0.25, 0.3) is 11.5 Å². The second-order valence-electron chi connectivity index (χ2n) is 8.43. The molecule has 0 aliphatic rings. The Morgan fingerprint density at radius 2 is 1.71 bits per heavy atom. The minimum absolute atomic E-state index is 0.0585. The molecule has 2 aromatic carbocycles. The first-order valence-corrected chi connectivity index (χ1v) is 9.67. The highest BCUT2D eigenvalue weighted by Crippen LogP contribution is 2.22. The van der Waals surface area contributed by atoms with E-state index in [1.54, 1.807) is 0 Å². The predicted octanol–water partition coefficient (Wildman–Crippen LogP) is 4.41. The zero-order valence-corrected chi connectivity index (χ0v) is 17.3. The standard InChI is InChI=1S/C24H28N2O2/c1-15-6-7-18-14-19(23(28)26-21(18)16(15)2)12-13-25-22(27)17-8-10-20(11-9-17)24(3,4)5/h6-11,14H,12-13H2,1-5H3,(H,25,27)(H,26,28). The predicted molar refractivity (Wildman–Crippen MR) is 115 cm³/mol. The van der Waals surface area contributed by atoms with Crippen LogP contribution < -0.4 is 10.9 Å². The van der Waals surface area contributed by atoms with Gasteiger partial charge in [-0.05, 0) is 66.0 Å². The minimum Gasteiger partial charge on any atom is -0.352 e. The van der Waals surface area contributed by atoms with Crippen LogP contribution in [-0.4, -0.2) is 17.4 Å². The second kappa shape index (κ2) is 7.63. The summed E-state index contributed by atoms with van der Waals surface area (Å²) in [5.41, 5.74) is 5.60. The number of H-pyrrole nitrogens is 1. The maximum absolute atomic E-state index is 12.4. The van der Waals surface area contributed by atoms with Gasteiger partial charge in [-0.25, -0.2) is 0 Å². The largest absolute Gasteiger partial charge is 0.352 e. The normalized spacial score (nSPS) is 11.6. The lowest BCUT2D eigenvalue weighted by Gasteiger charge is -2.19. The number of rotatable bonds is 4. The van der Waals surface area contributed by atoms with Crippen molar-refractivity contribution in [2.24, 2.45) is 0 Å². The molecule has 28 heavy (non-hydrogen) atoms. The van der Waals surface area contributed by atoms with E-state index in [9.17, 15) is 9.59 Å². The van der Waals surface area contributed by atoms with Crippen molar-refractivity contribution in [3.63, 3.8) is 0 Å². The highest BCUT2D eigenvalue weighted by Gasteiger charge is 2.14. The molecule has 146 valence electrons. The van der Waals surface area contributed by atoms with Gasteiger partial charge in [-0.3, -0.25) is 9.59 Å². The van der Waals surface area contributed by atoms with E-state index in [1.807, 2.05) is 50.2 Å². The Morgan fingerprint density at radius 3 is 2.36 bits per heavy atom. The van der Waals surface area contributed by atoms with Crippen LogP contribution in [0.15, 0.2) is 47.3 Å². The van der Waals surface area contributed by atoms with Crippen molar-refractivity contribution in [3.05, 3.63) is 80.6 Å². The van der Waals surface area contributed by atoms with Crippen molar-refractivity contribution in [3.8, 4) is 0 Å². The summed E-state index contributed by atoms with van der Waals surface area (Å²) in [6.07, 6.45) is 0.490. The summed E-state index contributed by atoms with van der Waals surface area (Å²) in [4.78, 5) is 27.8. The van der Waals surface area contributed by atoms with E-state index in [0.717, 1.165) is 22.0 Å². The number of nitrogens with one attached hydrogen (secondary N) is 2. The Morgan fingerprint density at radius 1 is 1.04 bits per heavy atom. The molecule has 0 unspecified atom stereocenters. The number of pyridine rings is 1. The lowest BCUT2D eigenvalue weighted by atomic mass is 9.87. The summed E-state index contributed by atoms with van der Waals surface area (Å²) < 4.78 is 0. The molecule has 1 heterocycles. The molecular formula is C24H28N2O2. The van der Waals surface area contributed by atoms with Crippen LogP contribution in [0.25, 0.3) is 10.9 Å². The smallest absolute Gasteiger partial charge is 0.251 e. The first-order valence-electron chi connectivity index (χ1n) is 9.67. The molecule has 0 spiro atoms. The maximum atomic E-state index is 12.4. The fourth-order valence-corrected chi connectivity index (χ4v) is 3.29. The summed E-state index contributed by atoms with van der Waals surface area (Å²) in [5, 5.41) is 3.93. The molecular weight excluding hydrogens is 348 g/mol. The molecule has 4 nitrogen and oxygen atoms in total. The summed E-state index contributed by atoms with van der Waals surface area (Å²) in [5.74, 6) is -0.121. The van der Waals surface area contributed by atoms with Crippen molar-refractivity contribution in [2.75, 3.05) is 6.54 Å². The number of carbonyl (C=O) groups is 1. The molecule has 4 heteroatoms. The van der Waals surface area contributed by atoms with Crippen molar-refractivity contribution in [2.45, 2.75) is 46.5 Å². The lowest BCUT2D eigenvalue weighted by Crippen LogP contribution is -2.27. The Balaban J connectivity index is 1.68. The number of hydrogen-bond acceptors (Lipinski definition) is 2. The van der Waals surface area contributed by atoms with Crippen LogP contribution in [-0.2, 0) is 11.8 Å². The van der Waals surface area contributed by atoms with Gasteiger partial charge < -0.3 is 10.3 Å². The molecule has 0 atom stereocenters. The molecule has 1 amide bonds. The van der Waals surface area contributed by atoms with Crippen LogP contribution in [0.4, 0.5) is 0 Å². The van der Waals surface area contributed by atoms with E-state index in [0.29, 0.717) is 24.1 Å². The molecule has 0 fully saturated rings. The molecule has 2 N–H and O–H groups in total. The number of aromatic nitrogens is 1. The Hall–Kier alpha value is -2.88. The fourth-order valence-electron chi connectivity index (χ4n) is 3.29. The summed E-state index contributed by atoms with van der Waals surface area (Å²) in [6, 6.07) is 13.7. The third-order valence-electron chi connectivity index (χ3n) is 5.32. The van der Waals surface area contributed by atoms with E-state index in [2.05, 4.69) is 37.1 Å². The first-order chi connectivity index (χ1) is 13.2. The summed E-state index contributed by atoms with van der Waals surface area (Å²) >= 11 is 0. The van der Waals surface area contributed by atoms with Crippen molar-refractivity contribution < 1.29 is 4.79 Å². The molecule has 0 aliphatic heterocycles. The average Bonchev–Trinajstić information content (AvgIpc) is 2.65. The number of amides is 1.